The molecule has 1 aliphatic carbocycles. The highest BCUT2D eigenvalue weighted by atomic mass is 32.1. The standard InChI is InChI=1S/C22H15F3N2OS/c1-28-19-12-22(19)20(18-3-2-10-29-18)21(13-4-6-14(23)7-5-13)26-27(22)17-9-8-15(24)11-16(17)25/h2-12,20H,1H3. The Labute approximate surface area is 169 Å². The number of hydrogen-bond donors (Lipinski definition) is 0. The molecule has 2 atom stereocenters. The summed E-state index contributed by atoms with van der Waals surface area (Å²) in [6.45, 7) is 0. The van der Waals surface area contributed by atoms with E-state index in [9.17, 15) is 13.2 Å². The summed E-state index contributed by atoms with van der Waals surface area (Å²) >= 11 is 1.56. The van der Waals surface area contributed by atoms with Gasteiger partial charge in [-0.25, -0.2) is 18.2 Å². The van der Waals surface area contributed by atoms with Crippen molar-refractivity contribution < 1.29 is 17.9 Å². The number of anilines is 1. The summed E-state index contributed by atoms with van der Waals surface area (Å²) in [4.78, 5) is 1.02. The summed E-state index contributed by atoms with van der Waals surface area (Å²) < 4.78 is 47.2. The molecule has 7 heteroatoms. The zero-order valence-electron chi connectivity index (χ0n) is 15.3. The van der Waals surface area contributed by atoms with E-state index < -0.39 is 17.2 Å². The first-order valence-electron chi connectivity index (χ1n) is 8.95. The Kier molecular flexibility index (Phi) is 4.03. The highest BCUT2D eigenvalue weighted by Crippen LogP contribution is 2.58. The van der Waals surface area contributed by atoms with Crippen LogP contribution in [0.2, 0.25) is 0 Å². The highest BCUT2D eigenvalue weighted by Gasteiger charge is 2.64. The second kappa shape index (κ2) is 6.49. The number of rotatable bonds is 4. The van der Waals surface area contributed by atoms with Crippen molar-refractivity contribution in [3.63, 3.8) is 0 Å². The normalized spacial score (nSPS) is 22.6. The molecule has 0 radical (unpaired) electrons. The number of nitrogens with zero attached hydrogens (tertiary/aromatic N) is 2. The SMILES string of the molecule is COC1=CC12C(c1cccs1)C(c1ccc(F)cc1)=NN2c1ccc(F)cc1F. The maximum Gasteiger partial charge on any atom is 0.155 e. The third-order valence-corrected chi connectivity index (χ3v) is 6.20. The largest absolute Gasteiger partial charge is 0.498 e. The van der Waals surface area contributed by atoms with E-state index >= 15 is 0 Å². The predicted octanol–water partition coefficient (Wildman–Crippen LogP) is 5.46. The molecule has 2 heterocycles. The van der Waals surface area contributed by atoms with Gasteiger partial charge in [0.1, 0.15) is 17.4 Å². The Morgan fingerprint density at radius 2 is 1.79 bits per heavy atom. The van der Waals surface area contributed by atoms with Gasteiger partial charge in [0.25, 0.3) is 0 Å². The molecule has 0 bridgehead atoms. The van der Waals surface area contributed by atoms with Crippen molar-refractivity contribution >= 4 is 22.7 Å². The van der Waals surface area contributed by atoms with Crippen LogP contribution in [0, 0.1) is 17.5 Å². The lowest BCUT2D eigenvalue weighted by Gasteiger charge is -2.29. The average Bonchev–Trinajstić information content (AvgIpc) is 3.02. The van der Waals surface area contributed by atoms with Crippen LogP contribution in [-0.4, -0.2) is 18.4 Å². The Bertz CT molecular complexity index is 1140. The predicted molar refractivity (Wildman–Crippen MR) is 107 cm³/mol. The van der Waals surface area contributed by atoms with Gasteiger partial charge in [-0.05, 0) is 47.4 Å². The van der Waals surface area contributed by atoms with Crippen molar-refractivity contribution in [2.45, 2.75) is 11.5 Å². The second-order valence-corrected chi connectivity index (χ2v) is 7.87. The first-order valence-corrected chi connectivity index (χ1v) is 9.83. The number of benzene rings is 2. The molecule has 0 saturated carbocycles. The van der Waals surface area contributed by atoms with Crippen LogP contribution in [0.15, 0.2) is 76.9 Å². The number of halogens is 3. The monoisotopic (exact) mass is 412 g/mol. The van der Waals surface area contributed by atoms with Crippen molar-refractivity contribution in [2.24, 2.45) is 5.10 Å². The Balaban J connectivity index is 1.70. The van der Waals surface area contributed by atoms with Gasteiger partial charge >= 0.3 is 0 Å². The van der Waals surface area contributed by atoms with Crippen LogP contribution < -0.4 is 5.01 Å². The lowest BCUT2D eigenvalue weighted by molar-refractivity contribution is 0.279. The molecule has 0 amide bonds. The first kappa shape index (κ1) is 18.0. The Morgan fingerprint density at radius 1 is 1.03 bits per heavy atom. The molecule has 2 aliphatic rings. The maximum absolute atomic E-state index is 14.7. The molecular weight excluding hydrogens is 397 g/mol. The topological polar surface area (TPSA) is 24.8 Å². The number of hydrazone groups is 1. The van der Waals surface area contributed by atoms with Crippen molar-refractivity contribution in [1.29, 1.82) is 0 Å². The van der Waals surface area contributed by atoms with Crippen LogP contribution in [0.25, 0.3) is 0 Å². The zero-order chi connectivity index (χ0) is 20.2. The van der Waals surface area contributed by atoms with E-state index in [0.717, 1.165) is 16.5 Å². The summed E-state index contributed by atoms with van der Waals surface area (Å²) in [5.41, 5.74) is 0.722. The fraction of sp³-hybridized carbons (Fsp3) is 0.136. The van der Waals surface area contributed by atoms with E-state index in [-0.39, 0.29) is 17.4 Å². The smallest absolute Gasteiger partial charge is 0.155 e. The van der Waals surface area contributed by atoms with Crippen molar-refractivity contribution in [3.05, 3.63) is 99.7 Å². The van der Waals surface area contributed by atoms with Crippen molar-refractivity contribution in [1.82, 2.24) is 0 Å². The van der Waals surface area contributed by atoms with Gasteiger partial charge in [0.05, 0.1) is 24.4 Å². The molecular formula is C22H15F3N2OS. The summed E-state index contributed by atoms with van der Waals surface area (Å²) in [5, 5.41) is 8.24. The van der Waals surface area contributed by atoms with Crippen LogP contribution in [0.3, 0.4) is 0 Å². The number of methoxy groups -OCH3 is 1. The number of thiophene rings is 1. The molecule has 1 spiro atoms. The molecule has 3 aromatic rings. The fourth-order valence-electron chi connectivity index (χ4n) is 3.91. The fourth-order valence-corrected chi connectivity index (χ4v) is 4.81. The van der Waals surface area contributed by atoms with Crippen LogP contribution in [0.4, 0.5) is 18.9 Å². The minimum absolute atomic E-state index is 0.147. The van der Waals surface area contributed by atoms with Crippen molar-refractivity contribution in [3.8, 4) is 0 Å². The summed E-state index contributed by atoms with van der Waals surface area (Å²) in [6, 6.07) is 13.4. The summed E-state index contributed by atoms with van der Waals surface area (Å²) in [7, 11) is 1.56. The lowest BCUT2D eigenvalue weighted by Crippen LogP contribution is -2.38. The second-order valence-electron chi connectivity index (χ2n) is 6.89. The first-order chi connectivity index (χ1) is 14.0. The molecule has 29 heavy (non-hydrogen) atoms. The van der Waals surface area contributed by atoms with E-state index in [1.165, 1.54) is 24.3 Å². The Morgan fingerprint density at radius 3 is 2.41 bits per heavy atom. The third kappa shape index (κ3) is 2.68. The zero-order valence-corrected chi connectivity index (χ0v) is 16.1. The maximum atomic E-state index is 14.7. The molecule has 0 fully saturated rings. The van der Waals surface area contributed by atoms with Gasteiger partial charge in [-0.15, -0.1) is 11.3 Å². The van der Waals surface area contributed by atoms with Gasteiger partial charge in [-0.3, -0.25) is 0 Å². The van der Waals surface area contributed by atoms with Gasteiger partial charge in [0.2, 0.25) is 0 Å². The number of ether oxygens (including phenoxy) is 1. The summed E-state index contributed by atoms with van der Waals surface area (Å²) in [5.74, 6) is -1.34. The van der Waals surface area contributed by atoms with Gasteiger partial charge in [0.15, 0.2) is 11.4 Å². The highest BCUT2D eigenvalue weighted by molar-refractivity contribution is 7.10. The molecule has 1 aromatic heterocycles. The van der Waals surface area contributed by atoms with E-state index in [4.69, 9.17) is 9.84 Å². The Hall–Kier alpha value is -3.06. The molecule has 2 unspecified atom stereocenters. The van der Waals surface area contributed by atoms with E-state index in [2.05, 4.69) is 0 Å². The molecule has 0 N–H and O–H groups in total. The van der Waals surface area contributed by atoms with Gasteiger partial charge in [-0.1, -0.05) is 18.2 Å². The molecule has 5 rings (SSSR count). The van der Waals surface area contributed by atoms with Crippen LogP contribution in [-0.2, 0) is 4.74 Å². The van der Waals surface area contributed by atoms with Crippen LogP contribution in [0.5, 0.6) is 0 Å². The van der Waals surface area contributed by atoms with Crippen LogP contribution in [0.1, 0.15) is 16.4 Å². The lowest BCUT2D eigenvalue weighted by atomic mass is 9.85. The van der Waals surface area contributed by atoms with E-state index in [0.29, 0.717) is 11.5 Å². The van der Waals surface area contributed by atoms with Crippen LogP contribution >= 0.6 is 11.3 Å². The average molecular weight is 412 g/mol. The third-order valence-electron chi connectivity index (χ3n) is 5.26. The molecule has 2 aromatic carbocycles. The van der Waals surface area contributed by atoms with Crippen molar-refractivity contribution in [2.75, 3.05) is 12.1 Å². The van der Waals surface area contributed by atoms with E-state index in [1.807, 2.05) is 23.6 Å². The van der Waals surface area contributed by atoms with E-state index in [1.54, 1.807) is 35.6 Å². The molecule has 146 valence electrons. The quantitative estimate of drug-likeness (QED) is 0.569. The van der Waals surface area contributed by atoms with Gasteiger partial charge in [0, 0.05) is 10.9 Å². The molecule has 1 aliphatic heterocycles. The van der Waals surface area contributed by atoms with Gasteiger partial charge in [-0.2, -0.15) is 5.10 Å². The number of hydrogen-bond acceptors (Lipinski definition) is 4. The summed E-state index contributed by atoms with van der Waals surface area (Å²) in [6.07, 6.45) is 1.89. The molecule has 3 nitrogen and oxygen atoms in total. The minimum Gasteiger partial charge on any atom is -0.498 e. The molecule has 0 saturated heterocycles. The van der Waals surface area contributed by atoms with Gasteiger partial charge < -0.3 is 4.74 Å². The minimum atomic E-state index is -0.817.